The van der Waals surface area contributed by atoms with Gasteiger partial charge in [-0.15, -0.1) is 0 Å². The molecule has 3 aromatic carbocycles. The van der Waals surface area contributed by atoms with E-state index >= 15 is 0 Å². The molecule has 0 radical (unpaired) electrons. The highest BCUT2D eigenvalue weighted by atomic mass is 16.2. The molecule has 5 nitrogen and oxygen atoms in total. The molecular formula is C25H22N4O. The first-order chi connectivity index (χ1) is 14.6. The van der Waals surface area contributed by atoms with Crippen LogP contribution in [0.2, 0.25) is 0 Å². The molecule has 0 bridgehead atoms. The lowest BCUT2D eigenvalue weighted by Crippen LogP contribution is -2.18. The van der Waals surface area contributed by atoms with Crippen LogP contribution in [-0.4, -0.2) is 21.9 Å². The third-order valence-corrected chi connectivity index (χ3v) is 4.83. The Labute approximate surface area is 175 Å². The number of hydrazone groups is 1. The monoisotopic (exact) mass is 394 g/mol. The summed E-state index contributed by atoms with van der Waals surface area (Å²) in [6.07, 6.45) is 3.41. The van der Waals surface area contributed by atoms with Crippen molar-refractivity contribution < 1.29 is 4.79 Å². The SMILES string of the molecule is Cc1ccc(C)c(/C=N\NC(=O)c2cn(-c3ccccc3)nc2-c2ccccc2)c1. The minimum atomic E-state index is -0.308. The summed E-state index contributed by atoms with van der Waals surface area (Å²) in [7, 11) is 0. The van der Waals surface area contributed by atoms with Gasteiger partial charge in [0.2, 0.25) is 0 Å². The number of benzene rings is 3. The largest absolute Gasteiger partial charge is 0.275 e. The smallest absolute Gasteiger partial charge is 0.267 e. The quantitative estimate of drug-likeness (QED) is 0.386. The fourth-order valence-corrected chi connectivity index (χ4v) is 3.18. The van der Waals surface area contributed by atoms with E-state index in [0.29, 0.717) is 11.3 Å². The van der Waals surface area contributed by atoms with Crippen LogP contribution in [0.3, 0.4) is 0 Å². The lowest BCUT2D eigenvalue weighted by Gasteiger charge is -2.03. The number of para-hydroxylation sites is 1. The molecule has 5 heteroatoms. The number of carbonyl (C=O) groups is 1. The minimum Gasteiger partial charge on any atom is -0.267 e. The number of aromatic nitrogens is 2. The number of amides is 1. The van der Waals surface area contributed by atoms with Gasteiger partial charge < -0.3 is 0 Å². The van der Waals surface area contributed by atoms with Crippen LogP contribution in [0.25, 0.3) is 16.9 Å². The summed E-state index contributed by atoms with van der Waals surface area (Å²) in [5.74, 6) is -0.308. The van der Waals surface area contributed by atoms with E-state index in [9.17, 15) is 4.79 Å². The summed E-state index contributed by atoms with van der Waals surface area (Å²) in [5, 5.41) is 8.84. The Kier molecular flexibility index (Phi) is 5.52. The topological polar surface area (TPSA) is 59.3 Å². The van der Waals surface area contributed by atoms with Gasteiger partial charge in [0.05, 0.1) is 17.5 Å². The molecule has 1 heterocycles. The number of hydrogen-bond donors (Lipinski definition) is 1. The average molecular weight is 394 g/mol. The Bertz CT molecular complexity index is 1190. The van der Waals surface area contributed by atoms with Crippen molar-refractivity contribution in [2.24, 2.45) is 5.10 Å². The van der Waals surface area contributed by atoms with Crippen LogP contribution >= 0.6 is 0 Å². The van der Waals surface area contributed by atoms with E-state index < -0.39 is 0 Å². The molecule has 0 saturated carbocycles. The molecule has 0 spiro atoms. The molecule has 0 aliphatic rings. The third kappa shape index (κ3) is 4.20. The molecule has 148 valence electrons. The first kappa shape index (κ1) is 19.3. The van der Waals surface area contributed by atoms with Gasteiger partial charge in [0.25, 0.3) is 5.91 Å². The molecule has 0 atom stereocenters. The van der Waals surface area contributed by atoms with Crippen molar-refractivity contribution >= 4 is 12.1 Å². The number of hydrogen-bond acceptors (Lipinski definition) is 3. The van der Waals surface area contributed by atoms with Crippen LogP contribution < -0.4 is 5.43 Å². The molecule has 1 N–H and O–H groups in total. The van der Waals surface area contributed by atoms with Gasteiger partial charge in [-0.05, 0) is 37.1 Å². The van der Waals surface area contributed by atoms with Crippen molar-refractivity contribution in [2.45, 2.75) is 13.8 Å². The zero-order chi connectivity index (χ0) is 20.9. The molecule has 1 amide bonds. The van der Waals surface area contributed by atoms with Gasteiger partial charge in [0.15, 0.2) is 0 Å². The number of rotatable bonds is 5. The first-order valence-electron chi connectivity index (χ1n) is 9.73. The highest BCUT2D eigenvalue weighted by Crippen LogP contribution is 2.23. The highest BCUT2D eigenvalue weighted by molar-refractivity contribution is 6.00. The summed E-state index contributed by atoms with van der Waals surface area (Å²) in [4.78, 5) is 12.9. The molecule has 4 aromatic rings. The van der Waals surface area contributed by atoms with E-state index in [2.05, 4.69) is 21.7 Å². The predicted molar refractivity (Wildman–Crippen MR) is 120 cm³/mol. The van der Waals surface area contributed by atoms with Crippen molar-refractivity contribution in [3.05, 3.63) is 107 Å². The second kappa shape index (κ2) is 8.57. The van der Waals surface area contributed by atoms with Crippen LogP contribution in [0, 0.1) is 13.8 Å². The fraction of sp³-hybridized carbons (Fsp3) is 0.0800. The van der Waals surface area contributed by atoms with Crippen molar-refractivity contribution in [1.82, 2.24) is 15.2 Å². The van der Waals surface area contributed by atoms with Crippen molar-refractivity contribution in [2.75, 3.05) is 0 Å². The van der Waals surface area contributed by atoms with Gasteiger partial charge >= 0.3 is 0 Å². The molecule has 0 aliphatic carbocycles. The lowest BCUT2D eigenvalue weighted by molar-refractivity contribution is 0.0955. The van der Waals surface area contributed by atoms with Crippen LogP contribution in [0.5, 0.6) is 0 Å². The highest BCUT2D eigenvalue weighted by Gasteiger charge is 2.18. The fourth-order valence-electron chi connectivity index (χ4n) is 3.18. The summed E-state index contributed by atoms with van der Waals surface area (Å²) < 4.78 is 1.71. The molecule has 0 aliphatic heterocycles. The van der Waals surface area contributed by atoms with Crippen LogP contribution in [0.1, 0.15) is 27.0 Å². The Morgan fingerprint density at radius 2 is 1.67 bits per heavy atom. The van der Waals surface area contributed by atoms with Gasteiger partial charge in [-0.3, -0.25) is 4.79 Å². The minimum absolute atomic E-state index is 0.308. The zero-order valence-corrected chi connectivity index (χ0v) is 16.9. The predicted octanol–water partition coefficient (Wildman–Crippen LogP) is 4.92. The molecule has 0 fully saturated rings. The lowest BCUT2D eigenvalue weighted by atomic mass is 10.1. The second-order valence-corrected chi connectivity index (χ2v) is 7.10. The van der Waals surface area contributed by atoms with E-state index in [1.807, 2.05) is 86.6 Å². The maximum absolute atomic E-state index is 12.9. The third-order valence-electron chi connectivity index (χ3n) is 4.83. The van der Waals surface area contributed by atoms with E-state index in [0.717, 1.165) is 27.9 Å². The Balaban J connectivity index is 1.65. The maximum atomic E-state index is 12.9. The van der Waals surface area contributed by atoms with Gasteiger partial charge in [0.1, 0.15) is 5.69 Å². The normalized spacial score (nSPS) is 11.0. The number of nitrogens with one attached hydrogen (secondary N) is 1. The van der Waals surface area contributed by atoms with Crippen molar-refractivity contribution in [3.8, 4) is 16.9 Å². The van der Waals surface area contributed by atoms with Crippen LogP contribution in [0.4, 0.5) is 0 Å². The van der Waals surface area contributed by atoms with Crippen LogP contribution in [-0.2, 0) is 0 Å². The summed E-state index contributed by atoms with van der Waals surface area (Å²) >= 11 is 0. The average Bonchev–Trinajstić information content (AvgIpc) is 3.23. The van der Waals surface area contributed by atoms with E-state index in [1.54, 1.807) is 17.1 Å². The van der Waals surface area contributed by atoms with Gasteiger partial charge in [-0.25, -0.2) is 10.1 Å². The molecule has 0 saturated heterocycles. The summed E-state index contributed by atoms with van der Waals surface area (Å²) in [6, 6.07) is 25.5. The van der Waals surface area contributed by atoms with E-state index in [-0.39, 0.29) is 5.91 Å². The molecule has 1 aromatic heterocycles. The van der Waals surface area contributed by atoms with Crippen molar-refractivity contribution in [3.63, 3.8) is 0 Å². The summed E-state index contributed by atoms with van der Waals surface area (Å²) in [6.45, 7) is 4.04. The Morgan fingerprint density at radius 3 is 2.40 bits per heavy atom. The molecular weight excluding hydrogens is 372 g/mol. The van der Waals surface area contributed by atoms with Gasteiger partial charge in [-0.2, -0.15) is 10.2 Å². The Morgan fingerprint density at radius 1 is 0.967 bits per heavy atom. The first-order valence-corrected chi connectivity index (χ1v) is 9.73. The van der Waals surface area contributed by atoms with E-state index in [1.165, 1.54) is 0 Å². The Hall–Kier alpha value is -3.99. The molecule has 0 unspecified atom stereocenters. The van der Waals surface area contributed by atoms with Gasteiger partial charge in [-0.1, -0.05) is 72.3 Å². The number of aryl methyl sites for hydroxylation is 2. The molecule has 30 heavy (non-hydrogen) atoms. The maximum Gasteiger partial charge on any atom is 0.275 e. The second-order valence-electron chi connectivity index (χ2n) is 7.10. The van der Waals surface area contributed by atoms with Crippen molar-refractivity contribution in [1.29, 1.82) is 0 Å². The molecule has 4 rings (SSSR count). The zero-order valence-electron chi connectivity index (χ0n) is 16.9. The summed E-state index contributed by atoms with van der Waals surface area (Å²) in [5.41, 5.74) is 8.68. The van der Waals surface area contributed by atoms with E-state index in [4.69, 9.17) is 0 Å². The number of carbonyl (C=O) groups excluding carboxylic acids is 1. The standard InChI is InChI=1S/C25H22N4O/c1-18-13-14-19(2)21(15-18)16-26-27-25(30)23-17-29(22-11-7-4-8-12-22)28-24(23)20-9-5-3-6-10-20/h3-17H,1-2H3,(H,27,30)/b26-16-. The number of nitrogens with zero attached hydrogens (tertiary/aromatic N) is 3. The van der Waals surface area contributed by atoms with Gasteiger partial charge in [0, 0.05) is 11.8 Å². The van der Waals surface area contributed by atoms with Crippen LogP contribution in [0.15, 0.2) is 90.2 Å².